The lowest BCUT2D eigenvalue weighted by atomic mass is 9.95. The Balaban J connectivity index is 0.000000291. The van der Waals surface area contributed by atoms with Crippen LogP contribution in [0.5, 0.6) is 0 Å². The molecule has 0 aliphatic rings. The van der Waals surface area contributed by atoms with Crippen LogP contribution < -0.4 is 5.32 Å². The van der Waals surface area contributed by atoms with Gasteiger partial charge in [-0.15, -0.1) is 0 Å². The molecule has 3 N–H and O–H groups in total. The Labute approximate surface area is 386 Å². The van der Waals surface area contributed by atoms with Crippen LogP contribution in [-0.2, 0) is 13.1 Å². The fourth-order valence-corrected chi connectivity index (χ4v) is 8.58. The summed E-state index contributed by atoms with van der Waals surface area (Å²) in [5, 5.41) is 21.1. The topological polar surface area (TPSA) is 72.9 Å². The predicted molar refractivity (Wildman–Crippen MR) is 280 cm³/mol. The lowest BCUT2D eigenvalue weighted by molar-refractivity contribution is 0.669. The summed E-state index contributed by atoms with van der Waals surface area (Å²) >= 11 is 0. The van der Waals surface area contributed by atoms with E-state index in [-0.39, 0.29) is 0 Å². The maximum atomic E-state index is 7.18. The highest BCUT2D eigenvalue weighted by Gasteiger charge is 2.13. The van der Waals surface area contributed by atoms with E-state index in [1.165, 1.54) is 83.6 Å². The Hall–Kier alpha value is -8.44. The molecule has 0 aliphatic heterocycles. The number of fused-ring (bicyclic) bond motifs is 5. The number of hydrogen-bond acceptors (Lipinski definition) is 4. The van der Waals surface area contributed by atoms with Crippen LogP contribution in [0.15, 0.2) is 241 Å². The van der Waals surface area contributed by atoms with E-state index in [0.717, 1.165) is 40.8 Å². The van der Waals surface area contributed by atoms with Crippen molar-refractivity contribution in [1.29, 1.82) is 10.8 Å². The first-order chi connectivity index (χ1) is 32.6. The van der Waals surface area contributed by atoms with E-state index >= 15 is 0 Å². The van der Waals surface area contributed by atoms with Crippen LogP contribution in [-0.4, -0.2) is 12.9 Å². The van der Waals surface area contributed by atoms with Crippen LogP contribution in [0.3, 0.4) is 0 Å². The molecule has 4 heteroatoms. The van der Waals surface area contributed by atoms with E-state index < -0.39 is 0 Å². The standard InChI is InChI=1S/C48H35NO.C13H11N.CH3N/c1-2-10-35(11-3-1)36-21-19-33(20-22-36)31-49-32-34-9-6-13-38(27-34)39-14-7-15-40(28-39)41-16-8-17-42(29-41)43-24-25-46-45(30-43)48-44-18-5-4-12-37(44)23-26-47(48)50-46;14-10-11-5-4-8-13(9-11)12-6-2-1-3-7-12;1-2/h1-30,49H,31-32H2;1-10,14H;2H,1H2. The number of rotatable bonds is 10. The zero-order valence-corrected chi connectivity index (χ0v) is 36.6. The van der Waals surface area contributed by atoms with Gasteiger partial charge in [-0.3, -0.25) is 0 Å². The largest absolute Gasteiger partial charge is 0.456 e. The molecule has 66 heavy (non-hydrogen) atoms. The average Bonchev–Trinajstić information content (AvgIpc) is 3.79. The van der Waals surface area contributed by atoms with Crippen molar-refractivity contribution >= 4 is 45.6 Å². The Morgan fingerprint density at radius 3 is 1.48 bits per heavy atom. The van der Waals surface area contributed by atoms with Crippen LogP contribution in [0.25, 0.3) is 88.3 Å². The first-order valence-electron chi connectivity index (χ1n) is 22.2. The van der Waals surface area contributed by atoms with Gasteiger partial charge in [-0.2, -0.15) is 0 Å². The van der Waals surface area contributed by atoms with Gasteiger partial charge in [-0.05, 0) is 132 Å². The summed E-state index contributed by atoms with van der Waals surface area (Å²) in [6.45, 7) is 4.13. The smallest absolute Gasteiger partial charge is 0.136 e. The van der Waals surface area contributed by atoms with Crippen molar-refractivity contribution in [2.75, 3.05) is 0 Å². The van der Waals surface area contributed by atoms with E-state index in [2.05, 4.69) is 212 Å². The number of hydrogen-bond donors (Lipinski definition) is 3. The van der Waals surface area contributed by atoms with Crippen molar-refractivity contribution in [3.63, 3.8) is 0 Å². The second-order valence-corrected chi connectivity index (χ2v) is 16.1. The molecule has 4 nitrogen and oxygen atoms in total. The number of nitrogens with one attached hydrogen (secondary N) is 3. The molecule has 0 aliphatic carbocycles. The van der Waals surface area contributed by atoms with Crippen molar-refractivity contribution in [3.8, 4) is 55.6 Å². The minimum absolute atomic E-state index is 0.808. The van der Waals surface area contributed by atoms with Crippen LogP contribution in [0, 0.1) is 10.8 Å². The van der Waals surface area contributed by atoms with Crippen molar-refractivity contribution in [2.45, 2.75) is 13.1 Å². The molecular weight excluding hydrogens is 803 g/mol. The summed E-state index contributed by atoms with van der Waals surface area (Å²) < 4.78 is 6.26. The zero-order valence-electron chi connectivity index (χ0n) is 36.6. The first-order valence-corrected chi connectivity index (χ1v) is 22.2. The fraction of sp³-hybridized carbons (Fsp3) is 0.0323. The third-order valence-corrected chi connectivity index (χ3v) is 11.9. The molecule has 0 radical (unpaired) electrons. The summed E-state index contributed by atoms with van der Waals surface area (Å²) in [5.41, 5.74) is 17.4. The molecule has 0 atom stereocenters. The predicted octanol–water partition coefficient (Wildman–Crippen LogP) is 16.3. The lowest BCUT2D eigenvalue weighted by Gasteiger charge is -2.11. The molecule has 10 aromatic carbocycles. The highest BCUT2D eigenvalue weighted by Crippen LogP contribution is 2.38. The highest BCUT2D eigenvalue weighted by molar-refractivity contribution is 6.19. The maximum Gasteiger partial charge on any atom is 0.136 e. The molecular formula is C62H49N3O. The second kappa shape index (κ2) is 20.4. The molecule has 0 amide bonds. The van der Waals surface area contributed by atoms with E-state index in [1.807, 2.05) is 36.4 Å². The van der Waals surface area contributed by atoms with E-state index in [0.29, 0.717) is 0 Å². The Bertz CT molecular complexity index is 3390. The number of furan rings is 1. The molecule has 0 bridgehead atoms. The van der Waals surface area contributed by atoms with Crippen LogP contribution >= 0.6 is 0 Å². The molecule has 1 heterocycles. The van der Waals surface area contributed by atoms with Gasteiger partial charge in [0.15, 0.2) is 0 Å². The summed E-state index contributed by atoms with van der Waals surface area (Å²) in [6.07, 6.45) is 1.37. The third kappa shape index (κ3) is 9.70. The summed E-state index contributed by atoms with van der Waals surface area (Å²) in [7, 11) is 0. The van der Waals surface area contributed by atoms with Gasteiger partial charge in [0, 0.05) is 30.1 Å². The summed E-state index contributed by atoms with van der Waals surface area (Å²) in [6, 6.07) is 83.4. The molecule has 11 rings (SSSR count). The highest BCUT2D eigenvalue weighted by atomic mass is 16.3. The molecule has 0 fully saturated rings. The van der Waals surface area contributed by atoms with Gasteiger partial charge in [-0.1, -0.05) is 194 Å². The molecule has 11 aromatic rings. The minimum Gasteiger partial charge on any atom is -0.456 e. The Morgan fingerprint density at radius 1 is 0.364 bits per heavy atom. The van der Waals surface area contributed by atoms with Gasteiger partial charge in [0.1, 0.15) is 11.2 Å². The second-order valence-electron chi connectivity index (χ2n) is 16.1. The minimum atomic E-state index is 0.808. The van der Waals surface area contributed by atoms with Crippen molar-refractivity contribution < 1.29 is 4.42 Å². The van der Waals surface area contributed by atoms with Gasteiger partial charge in [0.05, 0.1) is 0 Å². The van der Waals surface area contributed by atoms with E-state index in [4.69, 9.17) is 15.2 Å². The Morgan fingerprint density at radius 2 is 0.833 bits per heavy atom. The van der Waals surface area contributed by atoms with Crippen molar-refractivity contribution in [1.82, 2.24) is 5.32 Å². The third-order valence-electron chi connectivity index (χ3n) is 11.9. The normalized spacial score (nSPS) is 10.8. The number of benzene rings is 10. The molecule has 0 unspecified atom stereocenters. The monoisotopic (exact) mass is 851 g/mol. The van der Waals surface area contributed by atoms with Crippen molar-refractivity contribution in [2.24, 2.45) is 0 Å². The van der Waals surface area contributed by atoms with E-state index in [9.17, 15) is 0 Å². The lowest BCUT2D eigenvalue weighted by Crippen LogP contribution is -2.12. The first kappa shape index (κ1) is 42.8. The van der Waals surface area contributed by atoms with E-state index in [1.54, 1.807) is 0 Å². The van der Waals surface area contributed by atoms with Crippen LogP contribution in [0.2, 0.25) is 0 Å². The fourth-order valence-electron chi connectivity index (χ4n) is 8.58. The molecule has 0 spiro atoms. The maximum absolute atomic E-state index is 7.18. The average molecular weight is 852 g/mol. The molecule has 318 valence electrons. The zero-order chi connectivity index (χ0) is 45.1. The molecule has 1 aromatic heterocycles. The van der Waals surface area contributed by atoms with Crippen molar-refractivity contribution in [3.05, 3.63) is 253 Å². The molecule has 0 saturated heterocycles. The summed E-state index contributed by atoms with van der Waals surface area (Å²) in [4.78, 5) is 0. The van der Waals surface area contributed by atoms with Gasteiger partial charge < -0.3 is 20.6 Å². The van der Waals surface area contributed by atoms with Crippen LogP contribution in [0.4, 0.5) is 0 Å². The van der Waals surface area contributed by atoms with Crippen LogP contribution in [0.1, 0.15) is 16.7 Å². The summed E-state index contributed by atoms with van der Waals surface area (Å²) in [5.74, 6) is 0. The molecule has 0 saturated carbocycles. The van der Waals surface area contributed by atoms with Gasteiger partial charge in [-0.25, -0.2) is 0 Å². The van der Waals surface area contributed by atoms with Gasteiger partial charge >= 0.3 is 0 Å². The quantitative estimate of drug-likeness (QED) is 0.120. The SMILES string of the molecule is C=N.N=Cc1cccc(-c2ccccc2)c1.c1ccc(-c2ccc(CNCc3cccc(-c4cccc(-c5cccc(-c6ccc7oc8ccc9ccccc9c8c7c6)c5)c4)c3)cc2)cc1. The Kier molecular flexibility index (Phi) is 13.2. The van der Waals surface area contributed by atoms with Gasteiger partial charge in [0.25, 0.3) is 0 Å². The van der Waals surface area contributed by atoms with Gasteiger partial charge in [0.2, 0.25) is 0 Å².